The van der Waals surface area contributed by atoms with E-state index in [9.17, 15) is 0 Å². The number of benzene rings is 1. The summed E-state index contributed by atoms with van der Waals surface area (Å²) in [7, 11) is 3.70. The summed E-state index contributed by atoms with van der Waals surface area (Å²) in [5.74, 6) is 0.971. The van der Waals surface area contributed by atoms with E-state index in [1.807, 2.05) is 14.0 Å². The van der Waals surface area contributed by atoms with Crippen LogP contribution >= 0.6 is 15.9 Å². The third-order valence-electron chi connectivity index (χ3n) is 3.72. The average Bonchev–Trinajstić information content (AvgIpc) is 2.37. The van der Waals surface area contributed by atoms with Crippen LogP contribution < -0.4 is 15.8 Å². The molecule has 0 heterocycles. The van der Waals surface area contributed by atoms with Gasteiger partial charge in [-0.3, -0.25) is 0 Å². The fourth-order valence-electron chi connectivity index (χ4n) is 2.54. The molecule has 0 saturated carbocycles. The number of methoxy groups -OCH3 is 1. The predicted molar refractivity (Wildman–Crippen MR) is 85.0 cm³/mol. The molecule has 3 N–H and O–H groups in total. The highest BCUT2D eigenvalue weighted by Crippen LogP contribution is 2.40. The second kappa shape index (κ2) is 6.73. The monoisotopic (exact) mass is 328 g/mol. The lowest BCUT2D eigenvalue weighted by atomic mass is 9.91. The molecule has 0 radical (unpaired) electrons. The maximum atomic E-state index is 5.96. The Morgan fingerprint density at radius 2 is 1.79 bits per heavy atom. The summed E-state index contributed by atoms with van der Waals surface area (Å²) in [5.41, 5.74) is 10.8. The van der Waals surface area contributed by atoms with Crippen molar-refractivity contribution in [1.82, 2.24) is 5.32 Å². The lowest BCUT2D eigenvalue weighted by Crippen LogP contribution is -2.27. The van der Waals surface area contributed by atoms with Crippen molar-refractivity contribution in [3.8, 4) is 5.75 Å². The van der Waals surface area contributed by atoms with Crippen LogP contribution in [0.4, 0.5) is 0 Å². The van der Waals surface area contributed by atoms with Crippen LogP contribution in [0.1, 0.15) is 41.6 Å². The van der Waals surface area contributed by atoms with Crippen LogP contribution in [0, 0.1) is 20.8 Å². The first-order valence-electron chi connectivity index (χ1n) is 6.61. The molecule has 0 aliphatic carbocycles. The van der Waals surface area contributed by atoms with Crippen LogP contribution in [0.3, 0.4) is 0 Å². The zero-order valence-corrected chi connectivity index (χ0v) is 14.3. The van der Waals surface area contributed by atoms with E-state index >= 15 is 0 Å². The SMILES string of the molecule is CNC(CC(C)N)c1c(C)c(Br)c(C)c(C)c1OC. The molecule has 0 fully saturated rings. The van der Waals surface area contributed by atoms with Gasteiger partial charge in [-0.1, -0.05) is 15.9 Å². The van der Waals surface area contributed by atoms with Gasteiger partial charge in [-0.25, -0.2) is 0 Å². The third-order valence-corrected chi connectivity index (χ3v) is 4.91. The Bertz CT molecular complexity index is 458. The Hall–Kier alpha value is -0.580. The third kappa shape index (κ3) is 3.30. The smallest absolute Gasteiger partial charge is 0.127 e. The molecule has 0 spiro atoms. The zero-order chi connectivity index (χ0) is 14.7. The zero-order valence-electron chi connectivity index (χ0n) is 12.7. The van der Waals surface area contributed by atoms with Crippen molar-refractivity contribution in [2.45, 2.75) is 46.2 Å². The van der Waals surface area contributed by atoms with Gasteiger partial charge in [-0.05, 0) is 57.9 Å². The van der Waals surface area contributed by atoms with Crippen molar-refractivity contribution >= 4 is 15.9 Å². The summed E-state index contributed by atoms with van der Waals surface area (Å²) in [5, 5.41) is 3.36. The van der Waals surface area contributed by atoms with Crippen molar-refractivity contribution in [3.05, 3.63) is 26.7 Å². The number of hydrogen-bond donors (Lipinski definition) is 2. The van der Waals surface area contributed by atoms with E-state index in [-0.39, 0.29) is 12.1 Å². The highest BCUT2D eigenvalue weighted by atomic mass is 79.9. The summed E-state index contributed by atoms with van der Waals surface area (Å²) in [4.78, 5) is 0. The molecule has 2 atom stereocenters. The standard InChI is InChI=1S/C15H25BrN2O/c1-8(17)7-12(18-5)13-11(4)14(16)9(2)10(3)15(13)19-6/h8,12,18H,7,17H2,1-6H3. The van der Waals surface area contributed by atoms with E-state index < -0.39 is 0 Å². The lowest BCUT2D eigenvalue weighted by molar-refractivity contribution is 0.391. The molecule has 0 aromatic heterocycles. The number of ether oxygens (including phenoxy) is 1. The first kappa shape index (κ1) is 16.5. The first-order valence-corrected chi connectivity index (χ1v) is 7.40. The molecule has 0 aliphatic heterocycles. The number of nitrogens with one attached hydrogen (secondary N) is 1. The lowest BCUT2D eigenvalue weighted by Gasteiger charge is -2.26. The molecule has 1 rings (SSSR count). The predicted octanol–water partition coefficient (Wildman–Crippen LogP) is 3.38. The quantitative estimate of drug-likeness (QED) is 0.871. The van der Waals surface area contributed by atoms with E-state index in [1.54, 1.807) is 7.11 Å². The van der Waals surface area contributed by atoms with Crippen LogP contribution in [0.5, 0.6) is 5.75 Å². The van der Waals surface area contributed by atoms with Gasteiger partial charge in [0.05, 0.1) is 7.11 Å². The van der Waals surface area contributed by atoms with Crippen molar-refractivity contribution in [3.63, 3.8) is 0 Å². The summed E-state index contributed by atoms with van der Waals surface area (Å²) in [6.07, 6.45) is 0.878. The molecule has 0 amide bonds. The van der Waals surface area contributed by atoms with Crippen LogP contribution in [-0.2, 0) is 0 Å². The summed E-state index contributed by atoms with van der Waals surface area (Å²) < 4.78 is 6.81. The maximum Gasteiger partial charge on any atom is 0.127 e. The van der Waals surface area contributed by atoms with Crippen molar-refractivity contribution in [1.29, 1.82) is 0 Å². The van der Waals surface area contributed by atoms with Crippen LogP contribution in [0.15, 0.2) is 4.47 Å². The fraction of sp³-hybridized carbons (Fsp3) is 0.600. The van der Waals surface area contributed by atoms with Crippen LogP contribution in [-0.4, -0.2) is 20.2 Å². The van der Waals surface area contributed by atoms with Gasteiger partial charge >= 0.3 is 0 Å². The molecule has 0 bridgehead atoms. The minimum atomic E-state index is 0.141. The first-order chi connectivity index (χ1) is 8.84. The van der Waals surface area contributed by atoms with Gasteiger partial charge in [0, 0.05) is 22.1 Å². The Balaban J connectivity index is 3.47. The second-order valence-corrected chi connectivity index (χ2v) is 5.98. The minimum absolute atomic E-state index is 0.141. The molecule has 0 saturated heterocycles. The summed E-state index contributed by atoms with van der Waals surface area (Å²) in [6, 6.07) is 0.340. The van der Waals surface area contributed by atoms with Crippen LogP contribution in [0.2, 0.25) is 0 Å². The molecule has 4 heteroatoms. The second-order valence-electron chi connectivity index (χ2n) is 5.19. The van der Waals surface area contributed by atoms with E-state index in [0.717, 1.165) is 16.6 Å². The summed E-state index contributed by atoms with van der Waals surface area (Å²) >= 11 is 3.69. The molecule has 1 aromatic rings. The molecule has 3 nitrogen and oxygen atoms in total. The molecule has 1 aromatic carbocycles. The van der Waals surface area contributed by atoms with Crippen molar-refractivity contribution < 1.29 is 4.74 Å². The van der Waals surface area contributed by atoms with E-state index in [2.05, 4.69) is 42.0 Å². The molecule has 19 heavy (non-hydrogen) atoms. The Morgan fingerprint density at radius 1 is 1.21 bits per heavy atom. The Labute approximate surface area is 125 Å². The normalized spacial score (nSPS) is 14.3. The average molecular weight is 329 g/mol. The number of nitrogens with two attached hydrogens (primary N) is 1. The van der Waals surface area contributed by atoms with Gasteiger partial charge in [0.1, 0.15) is 5.75 Å². The summed E-state index contributed by atoms with van der Waals surface area (Å²) in [6.45, 7) is 8.36. The van der Waals surface area contributed by atoms with Crippen molar-refractivity contribution in [2.75, 3.05) is 14.2 Å². The number of rotatable bonds is 5. The minimum Gasteiger partial charge on any atom is -0.496 e. The van der Waals surface area contributed by atoms with Gasteiger partial charge < -0.3 is 15.8 Å². The molecular formula is C15H25BrN2O. The van der Waals surface area contributed by atoms with Gasteiger partial charge in [-0.15, -0.1) is 0 Å². The largest absolute Gasteiger partial charge is 0.496 e. The molecule has 0 aliphatic rings. The Kier molecular flexibility index (Phi) is 5.83. The fourth-order valence-corrected chi connectivity index (χ4v) is 3.05. The van der Waals surface area contributed by atoms with Crippen molar-refractivity contribution in [2.24, 2.45) is 5.73 Å². The molecular weight excluding hydrogens is 304 g/mol. The van der Waals surface area contributed by atoms with Gasteiger partial charge in [0.15, 0.2) is 0 Å². The van der Waals surface area contributed by atoms with Gasteiger partial charge in [0.2, 0.25) is 0 Å². The maximum absolute atomic E-state index is 5.96. The topological polar surface area (TPSA) is 47.3 Å². The number of halogens is 1. The molecule has 2 unspecified atom stereocenters. The highest BCUT2D eigenvalue weighted by molar-refractivity contribution is 9.10. The Morgan fingerprint density at radius 3 is 2.21 bits per heavy atom. The highest BCUT2D eigenvalue weighted by Gasteiger charge is 2.23. The molecule has 108 valence electrons. The van der Waals surface area contributed by atoms with E-state index in [0.29, 0.717) is 0 Å². The van der Waals surface area contributed by atoms with Crippen LogP contribution in [0.25, 0.3) is 0 Å². The van der Waals surface area contributed by atoms with Gasteiger partial charge in [0.25, 0.3) is 0 Å². The van der Waals surface area contributed by atoms with Gasteiger partial charge in [-0.2, -0.15) is 0 Å². The van der Waals surface area contributed by atoms with E-state index in [1.165, 1.54) is 22.3 Å². The number of hydrogen-bond acceptors (Lipinski definition) is 3. The van der Waals surface area contributed by atoms with E-state index in [4.69, 9.17) is 10.5 Å².